The summed E-state index contributed by atoms with van der Waals surface area (Å²) in [6.45, 7) is 0.497. The fourth-order valence-corrected chi connectivity index (χ4v) is 2.67. The Morgan fingerprint density at radius 3 is 2.57 bits per heavy atom. The Kier molecular flexibility index (Phi) is 5.30. The Bertz CT molecular complexity index is 569. The van der Waals surface area contributed by atoms with Crippen molar-refractivity contribution in [3.63, 3.8) is 0 Å². The second kappa shape index (κ2) is 7.19. The van der Waals surface area contributed by atoms with E-state index >= 15 is 0 Å². The normalized spacial score (nSPS) is 12.2. The monoisotopic (exact) mass is 307 g/mol. The van der Waals surface area contributed by atoms with Gasteiger partial charge in [-0.3, -0.25) is 0 Å². The van der Waals surface area contributed by atoms with Crippen molar-refractivity contribution in [1.29, 1.82) is 0 Å². The first-order valence-electron chi connectivity index (χ1n) is 6.55. The Balaban J connectivity index is 1.89. The van der Waals surface area contributed by atoms with Gasteiger partial charge < -0.3 is 15.5 Å². The summed E-state index contributed by atoms with van der Waals surface area (Å²) < 4.78 is 12.8. The van der Waals surface area contributed by atoms with Crippen LogP contribution in [0.1, 0.15) is 11.6 Å². The summed E-state index contributed by atoms with van der Waals surface area (Å²) in [5.41, 5.74) is 1.73. The van der Waals surface area contributed by atoms with Gasteiger partial charge in [0.15, 0.2) is 0 Å². The van der Waals surface area contributed by atoms with E-state index in [1.807, 2.05) is 19.5 Å². The summed E-state index contributed by atoms with van der Waals surface area (Å²) in [7, 11) is 3.95. The molecule has 1 aromatic heterocycles. The number of benzene rings is 1. The van der Waals surface area contributed by atoms with Crippen LogP contribution < -0.4 is 10.6 Å². The topological polar surface area (TPSA) is 44.4 Å². The number of likely N-dealkylation sites (N-methyl/N-ethyl adjacent to an activating group) is 1. The van der Waals surface area contributed by atoms with Crippen molar-refractivity contribution >= 4 is 23.1 Å². The summed E-state index contributed by atoms with van der Waals surface area (Å²) in [6, 6.07) is 7.54. The van der Waals surface area contributed by atoms with Gasteiger partial charge in [-0.2, -0.15) is 11.3 Å². The van der Waals surface area contributed by atoms with Crippen LogP contribution >= 0.6 is 11.3 Å². The van der Waals surface area contributed by atoms with Crippen LogP contribution in [0.3, 0.4) is 0 Å². The number of halogens is 1. The molecule has 0 fully saturated rings. The molecule has 2 amide bonds. The Morgan fingerprint density at radius 1 is 1.29 bits per heavy atom. The molecule has 2 rings (SSSR count). The average molecular weight is 307 g/mol. The predicted molar refractivity (Wildman–Crippen MR) is 84.2 cm³/mol. The first kappa shape index (κ1) is 15.5. The standard InChI is InChI=1S/C15H18FN3OS/c1-19(2)14(11-7-8-21-10-11)9-17-15(20)18-13-5-3-12(16)4-6-13/h3-8,10,14H,9H2,1-2H3,(H2,17,18,20)/t14-/m0/s1. The fourth-order valence-electron chi connectivity index (χ4n) is 1.96. The van der Waals surface area contributed by atoms with Gasteiger partial charge in [-0.05, 0) is 60.8 Å². The van der Waals surface area contributed by atoms with E-state index in [9.17, 15) is 9.18 Å². The molecule has 2 aromatic rings. The molecule has 1 heterocycles. The average Bonchev–Trinajstić information content (AvgIpc) is 2.95. The molecule has 2 N–H and O–H groups in total. The molecular weight excluding hydrogens is 289 g/mol. The zero-order valence-electron chi connectivity index (χ0n) is 12.0. The largest absolute Gasteiger partial charge is 0.336 e. The number of urea groups is 1. The fraction of sp³-hybridized carbons (Fsp3) is 0.267. The molecule has 0 aliphatic heterocycles. The molecule has 21 heavy (non-hydrogen) atoms. The molecule has 0 bridgehead atoms. The second-order valence-electron chi connectivity index (χ2n) is 4.88. The smallest absolute Gasteiger partial charge is 0.319 e. The molecular formula is C15H18FN3OS. The van der Waals surface area contributed by atoms with Crippen LogP contribution in [0.2, 0.25) is 0 Å². The molecule has 112 valence electrons. The van der Waals surface area contributed by atoms with E-state index in [0.29, 0.717) is 12.2 Å². The lowest BCUT2D eigenvalue weighted by Gasteiger charge is -2.24. The number of carbonyl (C=O) groups is 1. The van der Waals surface area contributed by atoms with E-state index < -0.39 is 0 Å². The number of nitrogens with one attached hydrogen (secondary N) is 2. The van der Waals surface area contributed by atoms with E-state index in [0.717, 1.165) is 0 Å². The van der Waals surface area contributed by atoms with Gasteiger partial charge >= 0.3 is 6.03 Å². The molecule has 1 aromatic carbocycles. The van der Waals surface area contributed by atoms with Crippen LogP contribution in [0.4, 0.5) is 14.9 Å². The minimum atomic E-state index is -0.328. The zero-order chi connectivity index (χ0) is 15.2. The van der Waals surface area contributed by atoms with Crippen molar-refractivity contribution in [1.82, 2.24) is 10.2 Å². The van der Waals surface area contributed by atoms with E-state index in [1.165, 1.54) is 29.8 Å². The number of hydrogen-bond acceptors (Lipinski definition) is 3. The van der Waals surface area contributed by atoms with Crippen molar-refractivity contribution in [3.8, 4) is 0 Å². The molecule has 0 saturated heterocycles. The third-order valence-corrected chi connectivity index (χ3v) is 3.81. The number of carbonyl (C=O) groups excluding carboxylic acids is 1. The van der Waals surface area contributed by atoms with Crippen molar-refractivity contribution in [3.05, 3.63) is 52.5 Å². The number of amides is 2. The lowest BCUT2D eigenvalue weighted by molar-refractivity contribution is 0.243. The Labute approximate surface area is 127 Å². The summed E-state index contributed by atoms with van der Waals surface area (Å²) >= 11 is 1.63. The highest BCUT2D eigenvalue weighted by atomic mass is 32.1. The van der Waals surface area contributed by atoms with E-state index in [4.69, 9.17) is 0 Å². The van der Waals surface area contributed by atoms with Gasteiger partial charge in [-0.15, -0.1) is 0 Å². The highest BCUT2D eigenvalue weighted by Gasteiger charge is 2.15. The third kappa shape index (κ3) is 4.54. The van der Waals surface area contributed by atoms with Gasteiger partial charge in [0.1, 0.15) is 5.82 Å². The minimum Gasteiger partial charge on any atom is -0.336 e. The molecule has 1 atom stereocenters. The Morgan fingerprint density at radius 2 is 2.00 bits per heavy atom. The molecule has 0 saturated carbocycles. The van der Waals surface area contributed by atoms with Gasteiger partial charge in [0, 0.05) is 12.2 Å². The SMILES string of the molecule is CN(C)[C@@H](CNC(=O)Nc1ccc(F)cc1)c1ccsc1. The van der Waals surface area contributed by atoms with Gasteiger partial charge in [0.05, 0.1) is 6.04 Å². The van der Waals surface area contributed by atoms with E-state index in [1.54, 1.807) is 11.3 Å². The number of nitrogens with zero attached hydrogens (tertiary/aromatic N) is 1. The third-order valence-electron chi connectivity index (χ3n) is 3.11. The first-order chi connectivity index (χ1) is 10.1. The van der Waals surface area contributed by atoms with Crippen LogP contribution in [-0.4, -0.2) is 31.6 Å². The van der Waals surface area contributed by atoms with Crippen LogP contribution in [-0.2, 0) is 0 Å². The number of hydrogen-bond donors (Lipinski definition) is 2. The highest BCUT2D eigenvalue weighted by Crippen LogP contribution is 2.20. The number of thiophene rings is 1. The predicted octanol–water partition coefficient (Wildman–Crippen LogP) is 3.31. The van der Waals surface area contributed by atoms with Gasteiger partial charge in [0.25, 0.3) is 0 Å². The lowest BCUT2D eigenvalue weighted by Crippen LogP contribution is -2.36. The molecule has 0 aliphatic carbocycles. The minimum absolute atomic E-state index is 0.121. The van der Waals surface area contributed by atoms with E-state index in [-0.39, 0.29) is 17.9 Å². The maximum absolute atomic E-state index is 12.8. The maximum atomic E-state index is 12.8. The number of rotatable bonds is 5. The summed E-state index contributed by atoms with van der Waals surface area (Å²) in [5.74, 6) is -0.328. The van der Waals surface area contributed by atoms with Crippen LogP contribution in [0.15, 0.2) is 41.1 Å². The van der Waals surface area contributed by atoms with E-state index in [2.05, 4.69) is 27.0 Å². The van der Waals surface area contributed by atoms with Crippen LogP contribution in [0.25, 0.3) is 0 Å². The lowest BCUT2D eigenvalue weighted by atomic mass is 10.1. The molecule has 0 spiro atoms. The van der Waals surface area contributed by atoms with Gasteiger partial charge in [-0.1, -0.05) is 0 Å². The maximum Gasteiger partial charge on any atom is 0.319 e. The molecule has 0 aliphatic rings. The van der Waals surface area contributed by atoms with Crippen molar-refractivity contribution < 1.29 is 9.18 Å². The van der Waals surface area contributed by atoms with Crippen molar-refractivity contribution in [2.45, 2.75) is 6.04 Å². The first-order valence-corrected chi connectivity index (χ1v) is 7.49. The molecule has 4 nitrogen and oxygen atoms in total. The zero-order valence-corrected chi connectivity index (χ0v) is 12.8. The Hall–Kier alpha value is -1.92. The summed E-state index contributed by atoms with van der Waals surface area (Å²) in [4.78, 5) is 13.9. The number of anilines is 1. The quantitative estimate of drug-likeness (QED) is 0.890. The second-order valence-corrected chi connectivity index (χ2v) is 5.66. The van der Waals surface area contributed by atoms with Crippen molar-refractivity contribution in [2.75, 3.05) is 26.0 Å². The summed E-state index contributed by atoms with van der Waals surface area (Å²) in [5, 5.41) is 9.60. The van der Waals surface area contributed by atoms with Crippen molar-refractivity contribution in [2.24, 2.45) is 0 Å². The molecule has 0 radical (unpaired) electrons. The highest BCUT2D eigenvalue weighted by molar-refractivity contribution is 7.07. The summed E-state index contributed by atoms with van der Waals surface area (Å²) in [6.07, 6.45) is 0. The van der Waals surface area contributed by atoms with Crippen LogP contribution in [0.5, 0.6) is 0 Å². The molecule has 6 heteroatoms. The van der Waals surface area contributed by atoms with Gasteiger partial charge in [0.2, 0.25) is 0 Å². The van der Waals surface area contributed by atoms with Crippen LogP contribution in [0, 0.1) is 5.82 Å². The molecule has 0 unspecified atom stereocenters. The van der Waals surface area contributed by atoms with Gasteiger partial charge in [-0.25, -0.2) is 9.18 Å².